The average molecular weight is 382 g/mol. The molecule has 0 nitrogen and oxygen atoms in total. The summed E-state index contributed by atoms with van der Waals surface area (Å²) in [6.45, 7) is 18.5. The second-order valence-corrected chi connectivity index (χ2v) is 12.7. The van der Waals surface area contributed by atoms with Gasteiger partial charge in [0.25, 0.3) is 0 Å². The van der Waals surface area contributed by atoms with Gasteiger partial charge in [0, 0.05) is 5.03 Å². The summed E-state index contributed by atoms with van der Waals surface area (Å²) < 4.78 is 0. The molecular weight excluding hydrogens is 350 g/mol. The highest BCUT2D eigenvalue weighted by atomic mass is 31.2. The van der Waals surface area contributed by atoms with Gasteiger partial charge in [-0.3, -0.25) is 0 Å². The Morgan fingerprint density at radius 2 is 1.31 bits per heavy atom. The summed E-state index contributed by atoms with van der Waals surface area (Å²) in [4.78, 5) is 0. The molecule has 0 amide bonds. The van der Waals surface area contributed by atoms with Crippen molar-refractivity contribution in [2.45, 2.75) is 72.9 Å². The smallest absolute Gasteiger partial charge is 0.0517 e. The highest BCUT2D eigenvalue weighted by molar-refractivity contribution is 7.99. The van der Waals surface area contributed by atoms with Crippen LogP contribution >= 0.6 is 16.1 Å². The Morgan fingerprint density at radius 1 is 0.846 bits per heavy atom. The molecule has 1 aliphatic heterocycles. The monoisotopic (exact) mass is 382 g/mol. The van der Waals surface area contributed by atoms with E-state index in [0.29, 0.717) is 0 Å². The van der Waals surface area contributed by atoms with Gasteiger partial charge in [0.2, 0.25) is 0 Å². The van der Waals surface area contributed by atoms with Crippen LogP contribution < -0.4 is 0 Å². The molecule has 2 aromatic carbocycles. The minimum absolute atomic E-state index is 0.118. The molecule has 0 bridgehead atoms. The van der Waals surface area contributed by atoms with Crippen LogP contribution in [0.5, 0.6) is 0 Å². The summed E-state index contributed by atoms with van der Waals surface area (Å²) >= 11 is 0. The molecule has 0 aromatic heterocycles. The number of aryl methyl sites for hydroxylation is 6. The summed E-state index contributed by atoms with van der Waals surface area (Å²) in [7, 11) is 1.43. The van der Waals surface area contributed by atoms with Crippen LogP contribution in [0.2, 0.25) is 0 Å². The predicted octanol–water partition coefficient (Wildman–Crippen LogP) is 7.95. The van der Waals surface area contributed by atoms with Gasteiger partial charge in [0.05, 0.1) is 5.40 Å². The van der Waals surface area contributed by atoms with Gasteiger partial charge >= 0.3 is 0 Å². The Kier molecular flexibility index (Phi) is 5.77. The first kappa shape index (κ1) is 19.8. The first-order valence-corrected chi connectivity index (χ1v) is 12.2. The predicted molar refractivity (Wildman–Crippen MR) is 122 cm³/mol. The van der Waals surface area contributed by atoms with Crippen molar-refractivity contribution in [2.24, 2.45) is 0 Å². The maximum absolute atomic E-state index is 2.48. The zero-order valence-corrected chi connectivity index (χ0v) is 19.4. The fourth-order valence-electron chi connectivity index (χ4n) is 4.48. The molecular formula is C24H32P2. The molecule has 0 spiro atoms. The molecule has 1 aliphatic rings. The van der Waals surface area contributed by atoms with E-state index >= 15 is 0 Å². The van der Waals surface area contributed by atoms with E-state index in [1.165, 1.54) is 39.8 Å². The molecule has 2 aromatic rings. The van der Waals surface area contributed by atoms with E-state index in [1.54, 1.807) is 24.4 Å². The zero-order valence-electron chi connectivity index (χ0n) is 17.6. The van der Waals surface area contributed by atoms with E-state index in [-0.39, 0.29) is 7.92 Å². The molecule has 0 saturated carbocycles. The highest BCUT2D eigenvalue weighted by Gasteiger charge is 2.40. The topological polar surface area (TPSA) is 0 Å². The second kappa shape index (κ2) is 7.58. The minimum atomic E-state index is -0.118. The normalized spacial score (nSPS) is 21.2. The van der Waals surface area contributed by atoms with Gasteiger partial charge in [-0.15, -0.1) is 0 Å². The molecule has 138 valence electrons. The van der Waals surface area contributed by atoms with E-state index in [0.717, 1.165) is 11.1 Å². The molecule has 1 heterocycles. The number of rotatable bonds is 4. The van der Waals surface area contributed by atoms with Crippen LogP contribution in [0, 0.1) is 41.5 Å². The Labute approximate surface area is 163 Å². The van der Waals surface area contributed by atoms with Gasteiger partial charge in [-0.1, -0.05) is 65.4 Å². The Bertz CT molecular complexity index is 830. The third kappa shape index (κ3) is 3.44. The van der Waals surface area contributed by atoms with Gasteiger partial charge in [0.15, 0.2) is 0 Å². The third-order valence-electron chi connectivity index (χ3n) is 5.72. The summed E-state index contributed by atoms with van der Waals surface area (Å²) in [5, 5.41) is 2.46. The van der Waals surface area contributed by atoms with Crippen LogP contribution in [0.15, 0.2) is 24.3 Å². The molecule has 0 radical (unpaired) electrons. The number of hydrogen-bond donors (Lipinski definition) is 0. The lowest BCUT2D eigenvalue weighted by Gasteiger charge is -2.42. The van der Waals surface area contributed by atoms with E-state index < -0.39 is 0 Å². The molecule has 0 fully saturated rings. The Hall–Kier alpha value is -0.960. The zero-order chi connectivity index (χ0) is 19.2. The first-order valence-electron chi connectivity index (χ1n) is 9.76. The van der Waals surface area contributed by atoms with Crippen molar-refractivity contribution in [3.05, 3.63) is 68.8 Å². The lowest BCUT2D eigenvalue weighted by atomic mass is 10.0. The molecule has 0 aliphatic carbocycles. The Balaban J connectivity index is 2.13. The van der Waals surface area contributed by atoms with Gasteiger partial charge in [-0.2, -0.15) is 0 Å². The largest absolute Gasteiger partial charge is 0.0820 e. The summed E-state index contributed by atoms with van der Waals surface area (Å²) in [5.41, 5.74) is 12.7. The molecule has 0 N–H and O–H groups in total. The standard InChI is InChI=1S/C24H32P2/c1-9-20(8)26-23(21-16(4)10-14(2)11-17(21)5)25-24(26)22-18(6)12-15(3)13-19(22)7/h10-13,20,23H,9H2,1-8H3. The van der Waals surface area contributed by atoms with Gasteiger partial charge in [-0.25, -0.2) is 0 Å². The van der Waals surface area contributed by atoms with E-state index in [9.17, 15) is 0 Å². The fraction of sp³-hybridized carbons (Fsp3) is 0.458. The van der Waals surface area contributed by atoms with Crippen molar-refractivity contribution in [2.75, 3.05) is 0 Å². The molecule has 0 saturated heterocycles. The van der Waals surface area contributed by atoms with Crippen LogP contribution in [-0.4, -0.2) is 10.7 Å². The van der Waals surface area contributed by atoms with Crippen molar-refractivity contribution in [3.63, 3.8) is 0 Å². The molecule has 3 unspecified atom stereocenters. The molecule has 3 rings (SSSR count). The van der Waals surface area contributed by atoms with Crippen LogP contribution in [0.3, 0.4) is 0 Å². The fourth-order valence-corrected chi connectivity index (χ4v) is 11.4. The average Bonchev–Trinajstić information content (AvgIpc) is 2.50. The molecule has 26 heavy (non-hydrogen) atoms. The molecule has 3 atom stereocenters. The van der Waals surface area contributed by atoms with E-state index in [2.05, 4.69) is 79.7 Å². The lowest BCUT2D eigenvalue weighted by Crippen LogP contribution is -2.20. The van der Waals surface area contributed by atoms with Crippen molar-refractivity contribution in [1.29, 1.82) is 0 Å². The Morgan fingerprint density at radius 3 is 1.77 bits per heavy atom. The second-order valence-electron chi connectivity index (χ2n) is 8.08. The SMILES string of the molecule is CCC(C)P1C(c2c(C)cc(C)cc2C)=PC1c1c(C)cc(C)cc1C. The lowest BCUT2D eigenvalue weighted by molar-refractivity contribution is 0.890. The van der Waals surface area contributed by atoms with Crippen molar-refractivity contribution in [1.82, 2.24) is 0 Å². The van der Waals surface area contributed by atoms with Crippen LogP contribution in [-0.2, 0) is 0 Å². The van der Waals surface area contributed by atoms with Crippen LogP contribution in [0.1, 0.15) is 70.2 Å². The van der Waals surface area contributed by atoms with Gasteiger partial charge < -0.3 is 0 Å². The summed E-state index contributed by atoms with van der Waals surface area (Å²) in [6, 6.07) is 9.49. The van der Waals surface area contributed by atoms with Crippen LogP contribution in [0.4, 0.5) is 0 Å². The first-order chi connectivity index (χ1) is 12.2. The number of benzene rings is 2. The maximum atomic E-state index is 2.48. The van der Waals surface area contributed by atoms with Crippen molar-refractivity contribution in [3.8, 4) is 0 Å². The quantitative estimate of drug-likeness (QED) is 0.471. The van der Waals surface area contributed by atoms with Crippen LogP contribution in [0.25, 0.3) is 0 Å². The number of hydrogen-bond acceptors (Lipinski definition) is 0. The maximum Gasteiger partial charge on any atom is 0.0517 e. The minimum Gasteiger partial charge on any atom is -0.0820 e. The summed E-state index contributed by atoms with van der Waals surface area (Å²) in [6.07, 6.45) is 1.27. The third-order valence-corrected chi connectivity index (χ3v) is 11.6. The summed E-state index contributed by atoms with van der Waals surface area (Å²) in [5.74, 6) is 0. The van der Waals surface area contributed by atoms with Crippen molar-refractivity contribution < 1.29 is 0 Å². The van der Waals surface area contributed by atoms with E-state index in [4.69, 9.17) is 0 Å². The van der Waals surface area contributed by atoms with Gasteiger partial charge in [0.1, 0.15) is 0 Å². The van der Waals surface area contributed by atoms with Gasteiger partial charge in [-0.05, 0) is 87.0 Å². The van der Waals surface area contributed by atoms with Crippen molar-refractivity contribution >= 4 is 21.2 Å². The highest BCUT2D eigenvalue weighted by Crippen LogP contribution is 2.73. The van der Waals surface area contributed by atoms with E-state index in [1.807, 2.05) is 0 Å². The molecule has 2 heteroatoms.